The molecule has 2 nitrogen and oxygen atoms in total. The molecule has 2 heteroatoms. The molecule has 0 fully saturated rings. The third kappa shape index (κ3) is 7.22. The largest absolute Gasteiger partial charge is 0.508 e. The Labute approximate surface area is 117 Å². The lowest BCUT2D eigenvalue weighted by Crippen LogP contribution is -1.98. The topological polar surface area (TPSA) is 40.5 Å². The summed E-state index contributed by atoms with van der Waals surface area (Å²) in [6, 6.07) is 5.82. The first-order valence-electron chi connectivity index (χ1n) is 7.56. The Morgan fingerprint density at radius 1 is 1.00 bits per heavy atom. The summed E-state index contributed by atoms with van der Waals surface area (Å²) in [5.74, 6) is 0.433. The first kappa shape index (κ1) is 16.0. The molecule has 0 saturated carbocycles. The zero-order valence-electron chi connectivity index (χ0n) is 12.4. The van der Waals surface area contributed by atoms with Gasteiger partial charge in [-0.3, -0.25) is 0 Å². The van der Waals surface area contributed by atoms with Crippen molar-refractivity contribution in [2.24, 2.45) is 0 Å². The zero-order valence-corrected chi connectivity index (χ0v) is 12.4. The number of aliphatic hydroxyl groups is 1. The zero-order chi connectivity index (χ0) is 14.1. The average molecular weight is 264 g/mol. The van der Waals surface area contributed by atoms with Gasteiger partial charge in [-0.2, -0.15) is 0 Å². The maximum atomic E-state index is 9.74. The number of unbranched alkanes of at least 4 members (excludes halogenated alkanes) is 5. The number of hydrogen-bond donors (Lipinski definition) is 2. The quantitative estimate of drug-likeness (QED) is 0.651. The lowest BCUT2D eigenvalue weighted by molar-refractivity contribution is 0.180. The van der Waals surface area contributed by atoms with Gasteiger partial charge in [0.05, 0.1) is 6.10 Å². The SMILES string of the molecule is Cc1ccc(O)c(CCCCCCCCC(C)O)c1. The van der Waals surface area contributed by atoms with E-state index in [0.29, 0.717) is 5.75 Å². The fourth-order valence-corrected chi connectivity index (χ4v) is 2.38. The van der Waals surface area contributed by atoms with Crippen LogP contribution >= 0.6 is 0 Å². The molecule has 0 bridgehead atoms. The lowest BCUT2D eigenvalue weighted by atomic mass is 10.0. The molecule has 19 heavy (non-hydrogen) atoms. The predicted octanol–water partition coefficient (Wildman–Crippen LogP) is 4.35. The second kappa shape index (κ2) is 8.98. The Morgan fingerprint density at radius 3 is 2.32 bits per heavy atom. The maximum absolute atomic E-state index is 9.74. The number of benzene rings is 1. The molecule has 0 aliphatic heterocycles. The summed E-state index contributed by atoms with van der Waals surface area (Å²) in [6.07, 6.45) is 8.99. The van der Waals surface area contributed by atoms with Crippen molar-refractivity contribution in [1.29, 1.82) is 0 Å². The molecule has 1 atom stereocenters. The van der Waals surface area contributed by atoms with Crippen molar-refractivity contribution in [3.8, 4) is 5.75 Å². The number of aliphatic hydroxyl groups excluding tert-OH is 1. The third-order valence-corrected chi connectivity index (χ3v) is 3.55. The van der Waals surface area contributed by atoms with Crippen molar-refractivity contribution < 1.29 is 10.2 Å². The Hall–Kier alpha value is -1.02. The number of rotatable bonds is 9. The molecule has 108 valence electrons. The van der Waals surface area contributed by atoms with Crippen molar-refractivity contribution in [2.75, 3.05) is 0 Å². The van der Waals surface area contributed by atoms with Crippen LogP contribution in [-0.2, 0) is 6.42 Å². The first-order valence-corrected chi connectivity index (χ1v) is 7.56. The van der Waals surface area contributed by atoms with E-state index in [-0.39, 0.29) is 6.10 Å². The Bertz CT molecular complexity index is 358. The van der Waals surface area contributed by atoms with E-state index >= 15 is 0 Å². The standard InChI is InChI=1S/C17H28O2/c1-14-11-12-17(19)16(13-14)10-8-6-4-3-5-7-9-15(2)18/h11-13,15,18-19H,3-10H2,1-2H3. The predicted molar refractivity (Wildman–Crippen MR) is 80.5 cm³/mol. The number of aryl methyl sites for hydroxylation is 2. The van der Waals surface area contributed by atoms with Gasteiger partial charge in [-0.1, -0.05) is 49.8 Å². The number of aromatic hydroxyl groups is 1. The second-order valence-electron chi connectivity index (χ2n) is 5.64. The summed E-state index contributed by atoms with van der Waals surface area (Å²) < 4.78 is 0. The van der Waals surface area contributed by atoms with Crippen LogP contribution in [0.25, 0.3) is 0 Å². The van der Waals surface area contributed by atoms with Crippen LogP contribution in [0.2, 0.25) is 0 Å². The van der Waals surface area contributed by atoms with E-state index < -0.39 is 0 Å². The third-order valence-electron chi connectivity index (χ3n) is 3.55. The van der Waals surface area contributed by atoms with Crippen molar-refractivity contribution in [3.05, 3.63) is 29.3 Å². The molecule has 0 aromatic heterocycles. The van der Waals surface area contributed by atoms with Crippen molar-refractivity contribution >= 4 is 0 Å². The smallest absolute Gasteiger partial charge is 0.118 e. The molecular weight excluding hydrogens is 236 g/mol. The second-order valence-corrected chi connectivity index (χ2v) is 5.64. The fourth-order valence-electron chi connectivity index (χ4n) is 2.38. The van der Waals surface area contributed by atoms with Gasteiger partial charge in [0, 0.05) is 0 Å². The Balaban J connectivity index is 2.06. The molecule has 0 spiro atoms. The molecule has 1 aromatic rings. The minimum absolute atomic E-state index is 0.149. The molecule has 0 aliphatic rings. The van der Waals surface area contributed by atoms with Crippen molar-refractivity contribution in [3.63, 3.8) is 0 Å². The monoisotopic (exact) mass is 264 g/mol. The molecule has 1 rings (SSSR count). The van der Waals surface area contributed by atoms with Gasteiger partial charge in [0.1, 0.15) is 5.75 Å². The van der Waals surface area contributed by atoms with Gasteiger partial charge in [0.2, 0.25) is 0 Å². The summed E-state index contributed by atoms with van der Waals surface area (Å²) >= 11 is 0. The van der Waals surface area contributed by atoms with Crippen LogP contribution in [-0.4, -0.2) is 16.3 Å². The summed E-state index contributed by atoms with van der Waals surface area (Å²) in [6.45, 7) is 3.92. The highest BCUT2D eigenvalue weighted by atomic mass is 16.3. The number of phenols is 1. The van der Waals surface area contributed by atoms with Crippen molar-refractivity contribution in [2.45, 2.75) is 71.3 Å². The first-order chi connectivity index (χ1) is 9.09. The van der Waals surface area contributed by atoms with Gasteiger partial charge < -0.3 is 10.2 Å². The molecule has 0 aliphatic carbocycles. The van der Waals surface area contributed by atoms with Crippen LogP contribution in [0.15, 0.2) is 18.2 Å². The van der Waals surface area contributed by atoms with E-state index in [1.54, 1.807) is 6.07 Å². The average Bonchev–Trinajstić information content (AvgIpc) is 2.36. The highest BCUT2D eigenvalue weighted by molar-refractivity contribution is 5.35. The van der Waals surface area contributed by atoms with E-state index in [1.807, 2.05) is 13.0 Å². The molecular formula is C17H28O2. The minimum Gasteiger partial charge on any atom is -0.508 e. The van der Waals surface area contributed by atoms with Crippen LogP contribution in [0.4, 0.5) is 0 Å². The van der Waals surface area contributed by atoms with E-state index in [0.717, 1.165) is 31.2 Å². The normalized spacial score (nSPS) is 12.6. The van der Waals surface area contributed by atoms with E-state index in [1.165, 1.54) is 31.2 Å². The van der Waals surface area contributed by atoms with Gasteiger partial charge in [-0.15, -0.1) is 0 Å². The van der Waals surface area contributed by atoms with Crippen LogP contribution < -0.4 is 0 Å². The number of phenolic OH excluding ortho intramolecular Hbond substituents is 1. The molecule has 0 radical (unpaired) electrons. The lowest BCUT2D eigenvalue weighted by Gasteiger charge is -2.06. The number of hydrogen-bond acceptors (Lipinski definition) is 2. The van der Waals surface area contributed by atoms with Crippen LogP contribution in [0.5, 0.6) is 5.75 Å². The van der Waals surface area contributed by atoms with E-state index in [4.69, 9.17) is 5.11 Å². The molecule has 0 amide bonds. The van der Waals surface area contributed by atoms with Gasteiger partial charge in [-0.25, -0.2) is 0 Å². The maximum Gasteiger partial charge on any atom is 0.118 e. The Kier molecular flexibility index (Phi) is 7.57. The summed E-state index contributed by atoms with van der Waals surface area (Å²) in [5, 5.41) is 18.9. The molecule has 2 N–H and O–H groups in total. The highest BCUT2D eigenvalue weighted by Gasteiger charge is 2.01. The molecule has 1 unspecified atom stereocenters. The van der Waals surface area contributed by atoms with Crippen LogP contribution in [0, 0.1) is 6.92 Å². The fraction of sp³-hybridized carbons (Fsp3) is 0.647. The summed E-state index contributed by atoms with van der Waals surface area (Å²) in [7, 11) is 0. The van der Waals surface area contributed by atoms with Gasteiger partial charge in [0.15, 0.2) is 0 Å². The van der Waals surface area contributed by atoms with E-state index in [9.17, 15) is 5.11 Å². The van der Waals surface area contributed by atoms with Crippen LogP contribution in [0.3, 0.4) is 0 Å². The van der Waals surface area contributed by atoms with Gasteiger partial charge in [-0.05, 0) is 44.7 Å². The van der Waals surface area contributed by atoms with Crippen LogP contribution in [0.1, 0.15) is 63.0 Å². The summed E-state index contributed by atoms with van der Waals surface area (Å²) in [5.41, 5.74) is 2.29. The van der Waals surface area contributed by atoms with Crippen molar-refractivity contribution in [1.82, 2.24) is 0 Å². The molecule has 0 heterocycles. The van der Waals surface area contributed by atoms with E-state index in [2.05, 4.69) is 13.0 Å². The minimum atomic E-state index is -0.149. The highest BCUT2D eigenvalue weighted by Crippen LogP contribution is 2.21. The van der Waals surface area contributed by atoms with Gasteiger partial charge in [0.25, 0.3) is 0 Å². The van der Waals surface area contributed by atoms with Gasteiger partial charge >= 0.3 is 0 Å². The molecule has 1 aromatic carbocycles. The Morgan fingerprint density at radius 2 is 1.63 bits per heavy atom. The summed E-state index contributed by atoms with van der Waals surface area (Å²) in [4.78, 5) is 0. The molecule has 0 saturated heterocycles.